The Morgan fingerprint density at radius 1 is 0.950 bits per heavy atom. The van der Waals surface area contributed by atoms with Crippen LogP contribution >= 0.6 is 0 Å². The van der Waals surface area contributed by atoms with E-state index >= 15 is 0 Å². The van der Waals surface area contributed by atoms with Crippen LogP contribution in [-0.4, -0.2) is 12.6 Å². The summed E-state index contributed by atoms with van der Waals surface area (Å²) in [6.45, 7) is 12.2. The quantitative estimate of drug-likeness (QED) is 0.331. The van der Waals surface area contributed by atoms with Crippen LogP contribution in [0.1, 0.15) is 53.4 Å². The van der Waals surface area contributed by atoms with E-state index in [1.165, 1.54) is 22.8 Å². The normalized spacial score (nSPS) is 12.0. The fraction of sp³-hybridized carbons (Fsp3) is 0.500. The SMILES string of the molecule is C=CC(=O)OCC=C(C)CCC=C(C)CCC=C(C)C. The van der Waals surface area contributed by atoms with E-state index in [4.69, 9.17) is 4.74 Å². The molecule has 0 saturated carbocycles. The predicted molar refractivity (Wildman–Crippen MR) is 86.6 cm³/mol. The van der Waals surface area contributed by atoms with Crippen molar-refractivity contribution in [3.8, 4) is 0 Å². The van der Waals surface area contributed by atoms with Crippen molar-refractivity contribution in [3.63, 3.8) is 0 Å². The average molecular weight is 276 g/mol. The Morgan fingerprint density at radius 2 is 1.50 bits per heavy atom. The number of allylic oxidation sites excluding steroid dienone is 5. The van der Waals surface area contributed by atoms with Crippen LogP contribution in [-0.2, 0) is 9.53 Å². The van der Waals surface area contributed by atoms with Crippen LogP contribution in [0, 0.1) is 0 Å². The minimum atomic E-state index is -0.371. The summed E-state index contributed by atoms with van der Waals surface area (Å²) < 4.78 is 4.91. The lowest BCUT2D eigenvalue weighted by molar-refractivity contribution is -0.136. The van der Waals surface area contributed by atoms with Gasteiger partial charge in [0.15, 0.2) is 0 Å². The van der Waals surface area contributed by atoms with Crippen molar-refractivity contribution in [1.82, 2.24) is 0 Å². The minimum absolute atomic E-state index is 0.333. The highest BCUT2D eigenvalue weighted by Crippen LogP contribution is 2.11. The Labute approximate surface area is 123 Å². The fourth-order valence-electron chi connectivity index (χ4n) is 1.66. The summed E-state index contributed by atoms with van der Waals surface area (Å²) in [7, 11) is 0. The second kappa shape index (κ2) is 11.3. The van der Waals surface area contributed by atoms with E-state index in [0.29, 0.717) is 6.61 Å². The van der Waals surface area contributed by atoms with Gasteiger partial charge < -0.3 is 4.74 Å². The van der Waals surface area contributed by atoms with Crippen molar-refractivity contribution in [1.29, 1.82) is 0 Å². The standard InChI is InChI=1S/C18H28O2/c1-6-18(19)20-14-13-17(5)12-8-11-16(4)10-7-9-15(2)3/h6,9,11,13H,1,7-8,10,12,14H2,2-5H3. The van der Waals surface area contributed by atoms with Gasteiger partial charge in [0, 0.05) is 6.08 Å². The summed E-state index contributed by atoms with van der Waals surface area (Å²) >= 11 is 0. The Kier molecular flexibility index (Phi) is 10.4. The van der Waals surface area contributed by atoms with E-state index in [0.717, 1.165) is 25.7 Å². The molecule has 2 nitrogen and oxygen atoms in total. The van der Waals surface area contributed by atoms with Crippen LogP contribution < -0.4 is 0 Å². The molecule has 0 aliphatic heterocycles. The highest BCUT2D eigenvalue weighted by molar-refractivity contribution is 5.81. The van der Waals surface area contributed by atoms with Gasteiger partial charge in [0.2, 0.25) is 0 Å². The van der Waals surface area contributed by atoms with Gasteiger partial charge in [-0.25, -0.2) is 4.79 Å². The zero-order valence-corrected chi connectivity index (χ0v) is 13.4. The van der Waals surface area contributed by atoms with Crippen LogP contribution in [0.2, 0.25) is 0 Å². The van der Waals surface area contributed by atoms with Crippen molar-refractivity contribution in [2.24, 2.45) is 0 Å². The van der Waals surface area contributed by atoms with E-state index in [9.17, 15) is 4.79 Å². The van der Waals surface area contributed by atoms with E-state index in [-0.39, 0.29) is 5.97 Å². The topological polar surface area (TPSA) is 26.3 Å². The molecule has 0 aliphatic rings. The molecule has 0 aromatic heterocycles. The summed E-state index contributed by atoms with van der Waals surface area (Å²) in [4.78, 5) is 10.9. The summed E-state index contributed by atoms with van der Waals surface area (Å²) in [5, 5.41) is 0. The van der Waals surface area contributed by atoms with Crippen molar-refractivity contribution >= 4 is 5.97 Å². The molecule has 0 unspecified atom stereocenters. The molecule has 0 radical (unpaired) electrons. The summed E-state index contributed by atoms with van der Waals surface area (Å²) in [6, 6.07) is 0. The number of carbonyl (C=O) groups excluding carboxylic acids is 1. The van der Waals surface area contributed by atoms with Crippen molar-refractivity contribution in [2.45, 2.75) is 53.4 Å². The van der Waals surface area contributed by atoms with Gasteiger partial charge in [0.1, 0.15) is 6.61 Å². The van der Waals surface area contributed by atoms with Crippen molar-refractivity contribution in [2.75, 3.05) is 6.61 Å². The maximum Gasteiger partial charge on any atom is 0.330 e. The lowest BCUT2D eigenvalue weighted by Gasteiger charge is -2.02. The zero-order chi connectivity index (χ0) is 15.4. The van der Waals surface area contributed by atoms with Gasteiger partial charge in [0.25, 0.3) is 0 Å². The summed E-state index contributed by atoms with van der Waals surface area (Å²) in [5.74, 6) is -0.371. The monoisotopic (exact) mass is 276 g/mol. The first kappa shape index (κ1) is 18.4. The molecule has 0 aliphatic carbocycles. The number of esters is 1. The number of hydrogen-bond acceptors (Lipinski definition) is 2. The van der Waals surface area contributed by atoms with Gasteiger partial charge in [-0.05, 0) is 59.5 Å². The van der Waals surface area contributed by atoms with Crippen LogP contribution in [0.5, 0.6) is 0 Å². The molecule has 0 amide bonds. The molecule has 0 aromatic rings. The van der Waals surface area contributed by atoms with E-state index in [1.54, 1.807) is 0 Å². The van der Waals surface area contributed by atoms with Gasteiger partial charge in [-0.3, -0.25) is 0 Å². The minimum Gasteiger partial charge on any atom is -0.458 e. The molecule has 0 fully saturated rings. The Hall–Kier alpha value is -1.57. The Balaban J connectivity index is 3.90. The van der Waals surface area contributed by atoms with E-state index < -0.39 is 0 Å². The molecule has 0 saturated heterocycles. The van der Waals surface area contributed by atoms with Crippen LogP contribution in [0.25, 0.3) is 0 Å². The molecule has 0 spiro atoms. The molecule has 0 N–H and O–H groups in total. The maximum absolute atomic E-state index is 10.9. The first-order chi connectivity index (χ1) is 9.45. The molecule has 112 valence electrons. The van der Waals surface area contributed by atoms with Gasteiger partial charge in [0.05, 0.1) is 0 Å². The maximum atomic E-state index is 10.9. The van der Waals surface area contributed by atoms with Gasteiger partial charge >= 0.3 is 5.97 Å². The van der Waals surface area contributed by atoms with E-state index in [2.05, 4.69) is 46.4 Å². The smallest absolute Gasteiger partial charge is 0.330 e. The van der Waals surface area contributed by atoms with Crippen LogP contribution in [0.3, 0.4) is 0 Å². The van der Waals surface area contributed by atoms with Gasteiger partial charge in [-0.2, -0.15) is 0 Å². The number of carbonyl (C=O) groups is 1. The third-order valence-electron chi connectivity index (χ3n) is 2.95. The third kappa shape index (κ3) is 11.5. The molecular formula is C18H28O2. The number of ether oxygens (including phenoxy) is 1. The Morgan fingerprint density at radius 3 is 2.05 bits per heavy atom. The fourth-order valence-corrected chi connectivity index (χ4v) is 1.66. The summed E-state index contributed by atoms with van der Waals surface area (Å²) in [5.41, 5.74) is 4.06. The van der Waals surface area contributed by atoms with Crippen LogP contribution in [0.15, 0.2) is 47.6 Å². The largest absolute Gasteiger partial charge is 0.458 e. The van der Waals surface area contributed by atoms with Crippen LogP contribution in [0.4, 0.5) is 0 Å². The first-order valence-corrected chi connectivity index (χ1v) is 7.19. The molecular weight excluding hydrogens is 248 g/mol. The van der Waals surface area contributed by atoms with Crippen molar-refractivity contribution in [3.05, 3.63) is 47.6 Å². The van der Waals surface area contributed by atoms with Crippen molar-refractivity contribution < 1.29 is 9.53 Å². The lowest BCUT2D eigenvalue weighted by atomic mass is 10.1. The molecule has 0 bridgehead atoms. The molecule has 0 atom stereocenters. The highest BCUT2D eigenvalue weighted by Gasteiger charge is 1.94. The third-order valence-corrected chi connectivity index (χ3v) is 2.95. The molecule has 0 aromatic carbocycles. The van der Waals surface area contributed by atoms with E-state index in [1.807, 2.05) is 6.08 Å². The summed E-state index contributed by atoms with van der Waals surface area (Å²) in [6.07, 6.45) is 12.0. The number of rotatable bonds is 9. The second-order valence-electron chi connectivity index (χ2n) is 5.29. The molecule has 0 heterocycles. The number of hydrogen-bond donors (Lipinski definition) is 0. The molecule has 0 rings (SSSR count). The zero-order valence-electron chi connectivity index (χ0n) is 13.4. The molecule has 2 heteroatoms. The van der Waals surface area contributed by atoms with Gasteiger partial charge in [-0.1, -0.05) is 35.5 Å². The average Bonchev–Trinajstić information content (AvgIpc) is 2.38. The second-order valence-corrected chi connectivity index (χ2v) is 5.29. The van der Waals surface area contributed by atoms with Gasteiger partial charge in [-0.15, -0.1) is 0 Å². The first-order valence-electron chi connectivity index (χ1n) is 7.19. The molecule has 20 heavy (non-hydrogen) atoms. The highest BCUT2D eigenvalue weighted by atomic mass is 16.5. The lowest BCUT2D eigenvalue weighted by Crippen LogP contribution is -1.99. The predicted octanol–water partition coefficient (Wildman–Crippen LogP) is 5.13. The Bertz CT molecular complexity index is 394.